The van der Waals surface area contributed by atoms with Crippen LogP contribution in [-0.2, 0) is 0 Å². The first-order valence-electron chi connectivity index (χ1n) is 6.68. The van der Waals surface area contributed by atoms with Gasteiger partial charge in [-0.25, -0.2) is 0 Å². The Morgan fingerprint density at radius 1 is 0.833 bits per heavy atom. The van der Waals surface area contributed by atoms with Crippen molar-refractivity contribution in [3.05, 3.63) is 58.7 Å². The molecule has 0 heteroatoms. The van der Waals surface area contributed by atoms with Crippen LogP contribution >= 0.6 is 0 Å². The van der Waals surface area contributed by atoms with Gasteiger partial charge in [0.2, 0.25) is 0 Å². The Labute approximate surface area is 111 Å². The molecule has 0 atom stereocenters. The van der Waals surface area contributed by atoms with Crippen LogP contribution in [0.3, 0.4) is 0 Å². The van der Waals surface area contributed by atoms with Crippen molar-refractivity contribution in [2.45, 2.75) is 40.5 Å². The van der Waals surface area contributed by atoms with E-state index in [4.69, 9.17) is 0 Å². The van der Waals surface area contributed by atoms with Crippen molar-refractivity contribution < 1.29 is 0 Å². The highest BCUT2D eigenvalue weighted by Gasteiger charge is 2.12. The van der Waals surface area contributed by atoms with Crippen LogP contribution in [-0.4, -0.2) is 0 Å². The van der Waals surface area contributed by atoms with Gasteiger partial charge in [-0.1, -0.05) is 55.8 Å². The van der Waals surface area contributed by atoms with Crippen LogP contribution in [0.15, 0.2) is 36.4 Å². The second-order valence-corrected chi connectivity index (χ2v) is 5.52. The molecular formula is C18H22. The van der Waals surface area contributed by atoms with E-state index < -0.39 is 0 Å². The van der Waals surface area contributed by atoms with E-state index in [0.717, 1.165) is 0 Å². The van der Waals surface area contributed by atoms with E-state index in [0.29, 0.717) is 5.92 Å². The lowest BCUT2D eigenvalue weighted by Crippen LogP contribution is -1.96. The first-order chi connectivity index (χ1) is 8.50. The molecule has 0 fully saturated rings. The maximum atomic E-state index is 2.28. The minimum atomic E-state index is 0.557. The van der Waals surface area contributed by atoms with Gasteiger partial charge in [-0.05, 0) is 54.5 Å². The molecule has 0 amide bonds. The van der Waals surface area contributed by atoms with E-state index in [1.54, 1.807) is 0 Å². The van der Waals surface area contributed by atoms with Gasteiger partial charge in [-0.2, -0.15) is 0 Å². The fourth-order valence-corrected chi connectivity index (χ4v) is 2.83. The van der Waals surface area contributed by atoms with Crippen LogP contribution in [0, 0.1) is 20.8 Å². The topological polar surface area (TPSA) is 0 Å². The highest BCUT2D eigenvalue weighted by atomic mass is 14.2. The highest BCUT2D eigenvalue weighted by Crippen LogP contribution is 2.34. The van der Waals surface area contributed by atoms with E-state index >= 15 is 0 Å². The number of rotatable bonds is 2. The molecule has 0 aliphatic heterocycles. The van der Waals surface area contributed by atoms with Gasteiger partial charge < -0.3 is 0 Å². The summed E-state index contributed by atoms with van der Waals surface area (Å²) in [4.78, 5) is 0. The normalized spacial score (nSPS) is 11.0. The third kappa shape index (κ3) is 2.33. The van der Waals surface area contributed by atoms with Crippen LogP contribution in [0.1, 0.15) is 42.0 Å². The Kier molecular flexibility index (Phi) is 3.56. The fourth-order valence-electron chi connectivity index (χ4n) is 2.83. The largest absolute Gasteiger partial charge is 0.0619 e. The zero-order chi connectivity index (χ0) is 13.3. The molecular weight excluding hydrogens is 216 g/mol. The third-order valence-electron chi connectivity index (χ3n) is 3.53. The van der Waals surface area contributed by atoms with Gasteiger partial charge in [0, 0.05) is 0 Å². The molecule has 0 bridgehead atoms. The van der Waals surface area contributed by atoms with Crippen LogP contribution < -0.4 is 0 Å². The SMILES string of the molecule is Cc1cc(C)c(-c2ccccc2C(C)C)c(C)c1. The third-order valence-corrected chi connectivity index (χ3v) is 3.53. The predicted octanol–water partition coefficient (Wildman–Crippen LogP) is 5.40. The molecule has 0 heterocycles. The summed E-state index contributed by atoms with van der Waals surface area (Å²) < 4.78 is 0. The standard InChI is InChI=1S/C18H22/c1-12(2)16-8-6-7-9-17(16)18-14(4)10-13(3)11-15(18)5/h6-12H,1-5H3. The summed E-state index contributed by atoms with van der Waals surface area (Å²) in [6.07, 6.45) is 0. The van der Waals surface area contributed by atoms with Gasteiger partial charge in [0.1, 0.15) is 0 Å². The molecule has 0 saturated carbocycles. The predicted molar refractivity (Wildman–Crippen MR) is 80.2 cm³/mol. The van der Waals surface area contributed by atoms with E-state index in [1.807, 2.05) is 0 Å². The van der Waals surface area contributed by atoms with E-state index in [1.165, 1.54) is 33.4 Å². The second kappa shape index (κ2) is 4.97. The molecule has 2 rings (SSSR count). The lowest BCUT2D eigenvalue weighted by molar-refractivity contribution is 0.868. The van der Waals surface area contributed by atoms with Crippen LogP contribution in [0.25, 0.3) is 11.1 Å². The lowest BCUT2D eigenvalue weighted by atomic mass is 9.87. The summed E-state index contributed by atoms with van der Waals surface area (Å²) in [5.74, 6) is 0.557. The average Bonchev–Trinajstić information content (AvgIpc) is 2.28. The fraction of sp³-hybridized carbons (Fsp3) is 0.333. The van der Waals surface area contributed by atoms with Crippen molar-refractivity contribution in [1.82, 2.24) is 0 Å². The first kappa shape index (κ1) is 12.9. The lowest BCUT2D eigenvalue weighted by Gasteiger charge is -2.17. The summed E-state index contributed by atoms with van der Waals surface area (Å²) in [5.41, 5.74) is 8.33. The molecule has 0 unspecified atom stereocenters. The van der Waals surface area contributed by atoms with Gasteiger partial charge in [-0.3, -0.25) is 0 Å². The molecule has 18 heavy (non-hydrogen) atoms. The number of aryl methyl sites for hydroxylation is 3. The van der Waals surface area contributed by atoms with Crippen molar-refractivity contribution in [3.63, 3.8) is 0 Å². The molecule has 0 nitrogen and oxygen atoms in total. The first-order valence-corrected chi connectivity index (χ1v) is 6.68. The van der Waals surface area contributed by atoms with Gasteiger partial charge in [0.25, 0.3) is 0 Å². The molecule has 0 aliphatic carbocycles. The molecule has 2 aromatic rings. The Bertz CT molecular complexity index is 539. The zero-order valence-electron chi connectivity index (χ0n) is 12.0. The Balaban J connectivity index is 2.70. The van der Waals surface area contributed by atoms with E-state index in [2.05, 4.69) is 71.0 Å². The van der Waals surface area contributed by atoms with Crippen molar-refractivity contribution >= 4 is 0 Å². The van der Waals surface area contributed by atoms with Crippen molar-refractivity contribution in [1.29, 1.82) is 0 Å². The average molecular weight is 238 g/mol. The van der Waals surface area contributed by atoms with Crippen molar-refractivity contribution in [3.8, 4) is 11.1 Å². The zero-order valence-corrected chi connectivity index (χ0v) is 12.0. The summed E-state index contributed by atoms with van der Waals surface area (Å²) in [6.45, 7) is 11.1. The number of benzene rings is 2. The summed E-state index contributed by atoms with van der Waals surface area (Å²) in [7, 11) is 0. The molecule has 0 N–H and O–H groups in total. The molecule has 2 aromatic carbocycles. The monoisotopic (exact) mass is 238 g/mol. The van der Waals surface area contributed by atoms with Crippen molar-refractivity contribution in [2.75, 3.05) is 0 Å². The summed E-state index contributed by atoms with van der Waals surface area (Å²) >= 11 is 0. The Hall–Kier alpha value is -1.56. The molecule has 0 spiro atoms. The minimum Gasteiger partial charge on any atom is -0.0619 e. The number of hydrogen-bond acceptors (Lipinski definition) is 0. The van der Waals surface area contributed by atoms with Crippen LogP contribution in [0.5, 0.6) is 0 Å². The van der Waals surface area contributed by atoms with E-state index in [-0.39, 0.29) is 0 Å². The van der Waals surface area contributed by atoms with Crippen molar-refractivity contribution in [2.24, 2.45) is 0 Å². The summed E-state index contributed by atoms with van der Waals surface area (Å²) in [6, 6.07) is 13.3. The summed E-state index contributed by atoms with van der Waals surface area (Å²) in [5, 5.41) is 0. The molecule has 0 aromatic heterocycles. The Morgan fingerprint density at radius 3 is 1.94 bits per heavy atom. The van der Waals surface area contributed by atoms with Gasteiger partial charge in [0.15, 0.2) is 0 Å². The van der Waals surface area contributed by atoms with E-state index in [9.17, 15) is 0 Å². The molecule has 0 aliphatic rings. The smallest absolute Gasteiger partial charge is 0.0122 e. The molecule has 0 saturated heterocycles. The minimum absolute atomic E-state index is 0.557. The Morgan fingerprint density at radius 2 is 1.39 bits per heavy atom. The van der Waals surface area contributed by atoms with Gasteiger partial charge >= 0.3 is 0 Å². The maximum Gasteiger partial charge on any atom is -0.0122 e. The number of hydrogen-bond donors (Lipinski definition) is 0. The molecule has 0 radical (unpaired) electrons. The van der Waals surface area contributed by atoms with Gasteiger partial charge in [-0.15, -0.1) is 0 Å². The quantitative estimate of drug-likeness (QED) is 0.657. The highest BCUT2D eigenvalue weighted by molar-refractivity contribution is 5.74. The second-order valence-electron chi connectivity index (χ2n) is 5.52. The maximum absolute atomic E-state index is 2.28. The van der Waals surface area contributed by atoms with Crippen LogP contribution in [0.4, 0.5) is 0 Å². The van der Waals surface area contributed by atoms with Crippen LogP contribution in [0.2, 0.25) is 0 Å². The van der Waals surface area contributed by atoms with Gasteiger partial charge in [0.05, 0.1) is 0 Å². The molecule has 94 valence electrons.